The van der Waals surface area contributed by atoms with Crippen molar-refractivity contribution in [3.8, 4) is 0 Å². The monoisotopic (exact) mass is 249 g/mol. The first-order valence-corrected chi connectivity index (χ1v) is 6.25. The van der Waals surface area contributed by atoms with Crippen LogP contribution in [0.1, 0.15) is 24.0 Å². The Balaban J connectivity index is 2.06. The lowest BCUT2D eigenvalue weighted by molar-refractivity contribution is -0.149. The first-order chi connectivity index (χ1) is 8.64. The Bertz CT molecular complexity index is 425. The van der Waals surface area contributed by atoms with Gasteiger partial charge in [-0.25, -0.2) is 0 Å². The van der Waals surface area contributed by atoms with Gasteiger partial charge in [-0.2, -0.15) is 0 Å². The molecule has 1 aliphatic heterocycles. The summed E-state index contributed by atoms with van der Waals surface area (Å²) >= 11 is 0. The molecule has 0 amide bonds. The molecular formula is C14H19NO3. The molecule has 1 fully saturated rings. The van der Waals surface area contributed by atoms with Gasteiger partial charge in [0.2, 0.25) is 0 Å². The third-order valence-corrected chi connectivity index (χ3v) is 3.63. The number of carboxylic acid groups (broad SMARTS) is 1. The predicted octanol–water partition coefficient (Wildman–Crippen LogP) is 1.72. The SMILES string of the molecule is Cc1ccccc1CNC1(C(=O)O)CCOCC1. The van der Waals surface area contributed by atoms with E-state index in [1.54, 1.807) is 0 Å². The zero-order valence-corrected chi connectivity index (χ0v) is 10.6. The summed E-state index contributed by atoms with van der Waals surface area (Å²) < 4.78 is 5.25. The van der Waals surface area contributed by atoms with Gasteiger partial charge in [0, 0.05) is 19.8 Å². The molecule has 4 nitrogen and oxygen atoms in total. The van der Waals surface area contributed by atoms with E-state index in [1.165, 1.54) is 5.56 Å². The fraction of sp³-hybridized carbons (Fsp3) is 0.500. The lowest BCUT2D eigenvalue weighted by Crippen LogP contribution is -2.55. The zero-order chi connectivity index (χ0) is 13.0. The zero-order valence-electron chi connectivity index (χ0n) is 10.6. The molecule has 1 aliphatic rings. The number of aliphatic carboxylic acids is 1. The van der Waals surface area contributed by atoms with E-state index in [4.69, 9.17) is 4.74 Å². The maximum atomic E-state index is 11.5. The number of nitrogens with one attached hydrogen (secondary N) is 1. The molecule has 0 radical (unpaired) electrons. The average Bonchev–Trinajstić information content (AvgIpc) is 2.39. The van der Waals surface area contributed by atoms with Gasteiger partial charge in [0.25, 0.3) is 0 Å². The largest absolute Gasteiger partial charge is 0.480 e. The van der Waals surface area contributed by atoms with Crippen molar-refractivity contribution in [3.63, 3.8) is 0 Å². The van der Waals surface area contributed by atoms with E-state index in [9.17, 15) is 9.90 Å². The number of rotatable bonds is 4. The number of hydrogen-bond acceptors (Lipinski definition) is 3. The van der Waals surface area contributed by atoms with Crippen molar-refractivity contribution in [3.05, 3.63) is 35.4 Å². The second kappa shape index (κ2) is 5.50. The number of carbonyl (C=O) groups is 1. The predicted molar refractivity (Wildman–Crippen MR) is 68.4 cm³/mol. The highest BCUT2D eigenvalue weighted by Gasteiger charge is 2.39. The summed E-state index contributed by atoms with van der Waals surface area (Å²) in [6.07, 6.45) is 1.04. The molecule has 98 valence electrons. The minimum Gasteiger partial charge on any atom is -0.480 e. The number of carboxylic acids is 1. The van der Waals surface area contributed by atoms with Gasteiger partial charge in [-0.05, 0) is 30.9 Å². The third-order valence-electron chi connectivity index (χ3n) is 3.63. The summed E-state index contributed by atoms with van der Waals surface area (Å²) in [6.45, 7) is 3.63. The van der Waals surface area contributed by atoms with Crippen molar-refractivity contribution in [2.24, 2.45) is 0 Å². The van der Waals surface area contributed by atoms with Crippen LogP contribution < -0.4 is 5.32 Å². The lowest BCUT2D eigenvalue weighted by atomic mass is 9.89. The molecule has 0 aromatic heterocycles. The average molecular weight is 249 g/mol. The Labute approximate surface area is 107 Å². The van der Waals surface area contributed by atoms with Crippen molar-refractivity contribution in [2.45, 2.75) is 31.8 Å². The van der Waals surface area contributed by atoms with Crippen molar-refractivity contribution >= 4 is 5.97 Å². The first-order valence-electron chi connectivity index (χ1n) is 6.25. The quantitative estimate of drug-likeness (QED) is 0.853. The molecule has 4 heteroatoms. The number of hydrogen-bond donors (Lipinski definition) is 2. The Kier molecular flexibility index (Phi) is 3.99. The Hall–Kier alpha value is -1.39. The molecule has 1 aromatic rings. The van der Waals surface area contributed by atoms with Crippen LogP contribution in [0.15, 0.2) is 24.3 Å². The third kappa shape index (κ3) is 2.71. The van der Waals surface area contributed by atoms with E-state index < -0.39 is 11.5 Å². The van der Waals surface area contributed by atoms with Crippen LogP contribution in [0.5, 0.6) is 0 Å². The van der Waals surface area contributed by atoms with E-state index in [0.29, 0.717) is 32.6 Å². The van der Waals surface area contributed by atoms with E-state index >= 15 is 0 Å². The van der Waals surface area contributed by atoms with E-state index in [-0.39, 0.29) is 0 Å². The highest BCUT2D eigenvalue weighted by molar-refractivity contribution is 5.78. The van der Waals surface area contributed by atoms with Crippen molar-refractivity contribution in [1.82, 2.24) is 5.32 Å². The molecular weight excluding hydrogens is 230 g/mol. The normalized spacial score (nSPS) is 18.5. The molecule has 2 N–H and O–H groups in total. The number of benzene rings is 1. The molecule has 1 aromatic carbocycles. The van der Waals surface area contributed by atoms with Crippen LogP contribution in [0.25, 0.3) is 0 Å². The highest BCUT2D eigenvalue weighted by atomic mass is 16.5. The van der Waals surface area contributed by atoms with Crippen LogP contribution in [0.2, 0.25) is 0 Å². The number of ether oxygens (including phenoxy) is 1. The summed E-state index contributed by atoms with van der Waals surface area (Å²) in [5.41, 5.74) is 1.49. The van der Waals surface area contributed by atoms with Crippen LogP contribution in [0, 0.1) is 6.92 Å². The van der Waals surface area contributed by atoms with Crippen LogP contribution >= 0.6 is 0 Å². The maximum Gasteiger partial charge on any atom is 0.324 e. The molecule has 0 bridgehead atoms. The van der Waals surface area contributed by atoms with Gasteiger partial charge in [-0.3, -0.25) is 10.1 Å². The number of aryl methyl sites for hydroxylation is 1. The maximum absolute atomic E-state index is 11.5. The fourth-order valence-corrected chi connectivity index (χ4v) is 2.26. The molecule has 0 aliphatic carbocycles. The molecule has 0 unspecified atom stereocenters. The summed E-state index contributed by atoms with van der Waals surface area (Å²) in [5, 5.41) is 12.6. The summed E-state index contributed by atoms with van der Waals surface area (Å²) in [4.78, 5) is 11.5. The molecule has 2 rings (SSSR count). The fourth-order valence-electron chi connectivity index (χ4n) is 2.26. The van der Waals surface area contributed by atoms with Gasteiger partial charge in [0.15, 0.2) is 0 Å². The Morgan fingerprint density at radius 3 is 2.67 bits per heavy atom. The molecule has 1 heterocycles. The second-order valence-electron chi connectivity index (χ2n) is 4.78. The van der Waals surface area contributed by atoms with Crippen molar-refractivity contribution in [2.75, 3.05) is 13.2 Å². The highest BCUT2D eigenvalue weighted by Crippen LogP contribution is 2.22. The molecule has 18 heavy (non-hydrogen) atoms. The minimum atomic E-state index is -0.833. The lowest BCUT2D eigenvalue weighted by Gasteiger charge is -2.34. The van der Waals surface area contributed by atoms with Crippen molar-refractivity contribution in [1.29, 1.82) is 0 Å². The second-order valence-corrected chi connectivity index (χ2v) is 4.78. The summed E-state index contributed by atoms with van der Waals surface area (Å²) in [6, 6.07) is 8.02. The van der Waals surface area contributed by atoms with E-state index in [1.807, 2.05) is 31.2 Å². The van der Waals surface area contributed by atoms with Gasteiger partial charge in [-0.1, -0.05) is 24.3 Å². The first kappa shape index (κ1) is 13.1. The van der Waals surface area contributed by atoms with Gasteiger partial charge in [0.05, 0.1) is 0 Å². The van der Waals surface area contributed by atoms with E-state index in [2.05, 4.69) is 5.32 Å². The van der Waals surface area contributed by atoms with E-state index in [0.717, 1.165) is 5.56 Å². The minimum absolute atomic E-state index is 0.507. The summed E-state index contributed by atoms with van der Waals surface area (Å²) in [7, 11) is 0. The van der Waals surface area contributed by atoms with Gasteiger partial charge in [0.1, 0.15) is 5.54 Å². The molecule has 0 spiro atoms. The van der Waals surface area contributed by atoms with Crippen molar-refractivity contribution < 1.29 is 14.6 Å². The van der Waals surface area contributed by atoms with Gasteiger partial charge >= 0.3 is 5.97 Å². The van der Waals surface area contributed by atoms with Gasteiger partial charge in [-0.15, -0.1) is 0 Å². The van der Waals surface area contributed by atoms with Crippen LogP contribution in [0.3, 0.4) is 0 Å². The van der Waals surface area contributed by atoms with Crippen LogP contribution in [-0.4, -0.2) is 29.8 Å². The smallest absolute Gasteiger partial charge is 0.324 e. The van der Waals surface area contributed by atoms with Crippen LogP contribution in [-0.2, 0) is 16.1 Å². The molecule has 1 saturated heterocycles. The Morgan fingerprint density at radius 1 is 1.39 bits per heavy atom. The molecule has 0 saturated carbocycles. The molecule has 0 atom stereocenters. The Morgan fingerprint density at radius 2 is 2.06 bits per heavy atom. The van der Waals surface area contributed by atoms with Gasteiger partial charge < -0.3 is 9.84 Å². The topological polar surface area (TPSA) is 58.6 Å². The standard InChI is InChI=1S/C14H19NO3/c1-11-4-2-3-5-12(11)10-15-14(13(16)17)6-8-18-9-7-14/h2-5,15H,6-10H2,1H3,(H,16,17). The van der Waals surface area contributed by atoms with Crippen LogP contribution in [0.4, 0.5) is 0 Å². The summed E-state index contributed by atoms with van der Waals surface area (Å²) in [5.74, 6) is -0.778.